The van der Waals surface area contributed by atoms with Crippen LogP contribution in [-0.2, 0) is 4.74 Å². The molecule has 0 aliphatic heterocycles. The van der Waals surface area contributed by atoms with Crippen LogP contribution < -0.4 is 11.1 Å². The van der Waals surface area contributed by atoms with Crippen LogP contribution in [0.2, 0.25) is 0 Å². The number of esters is 1. The van der Waals surface area contributed by atoms with Gasteiger partial charge >= 0.3 is 5.97 Å². The molecule has 0 aliphatic carbocycles. The normalized spacial score (nSPS) is 12.0. The topological polar surface area (TPSA) is 77.2 Å². The summed E-state index contributed by atoms with van der Waals surface area (Å²) >= 11 is 1.73. The standard InChI is InChI=1S/C15H19N3O2S/c1-4-20-15(19)11-7-14(17-8-12(11)16)18-10(3)13-6-5-9(2)21-13/h5-8,10H,4,16H2,1-3H3,(H,17,18). The lowest BCUT2D eigenvalue weighted by atomic mass is 10.2. The van der Waals surface area contributed by atoms with Crippen molar-refractivity contribution < 1.29 is 9.53 Å². The second kappa shape index (κ2) is 6.58. The van der Waals surface area contributed by atoms with E-state index in [-0.39, 0.29) is 6.04 Å². The van der Waals surface area contributed by atoms with E-state index < -0.39 is 5.97 Å². The zero-order chi connectivity index (χ0) is 15.4. The Bertz CT molecular complexity index is 640. The Hall–Kier alpha value is -2.08. The molecule has 0 aliphatic rings. The number of pyridine rings is 1. The number of aromatic nitrogens is 1. The summed E-state index contributed by atoms with van der Waals surface area (Å²) in [4.78, 5) is 18.5. The molecule has 21 heavy (non-hydrogen) atoms. The van der Waals surface area contributed by atoms with E-state index in [0.29, 0.717) is 23.7 Å². The number of hydrogen-bond acceptors (Lipinski definition) is 6. The van der Waals surface area contributed by atoms with Gasteiger partial charge in [-0.15, -0.1) is 11.3 Å². The molecule has 0 saturated heterocycles. The minimum absolute atomic E-state index is 0.106. The molecule has 0 bridgehead atoms. The number of nitrogens with two attached hydrogens (primary N) is 1. The summed E-state index contributed by atoms with van der Waals surface area (Å²) in [6.45, 7) is 6.19. The van der Waals surface area contributed by atoms with Crippen molar-refractivity contribution in [3.8, 4) is 0 Å². The predicted molar refractivity (Wildman–Crippen MR) is 85.7 cm³/mol. The van der Waals surface area contributed by atoms with E-state index >= 15 is 0 Å². The van der Waals surface area contributed by atoms with Crippen molar-refractivity contribution in [1.82, 2.24) is 4.98 Å². The highest BCUT2D eigenvalue weighted by atomic mass is 32.1. The third kappa shape index (κ3) is 3.72. The Morgan fingerprint density at radius 1 is 1.52 bits per heavy atom. The quantitative estimate of drug-likeness (QED) is 0.828. The predicted octanol–water partition coefficient (Wildman–Crippen LogP) is 3.38. The number of nitrogens with one attached hydrogen (secondary N) is 1. The molecule has 1 atom stereocenters. The molecular formula is C15H19N3O2S. The number of thiophene rings is 1. The van der Waals surface area contributed by atoms with Crippen molar-refractivity contribution in [3.63, 3.8) is 0 Å². The molecule has 0 amide bonds. The number of aryl methyl sites for hydroxylation is 1. The minimum atomic E-state index is -0.430. The lowest BCUT2D eigenvalue weighted by Gasteiger charge is -2.14. The number of carbonyl (C=O) groups excluding carboxylic acids is 1. The summed E-state index contributed by atoms with van der Waals surface area (Å²) < 4.78 is 4.98. The van der Waals surface area contributed by atoms with Crippen LogP contribution in [0.15, 0.2) is 24.4 Å². The second-order valence-electron chi connectivity index (χ2n) is 4.69. The molecule has 0 radical (unpaired) electrons. The smallest absolute Gasteiger partial charge is 0.340 e. The van der Waals surface area contributed by atoms with Gasteiger partial charge in [-0.05, 0) is 39.0 Å². The van der Waals surface area contributed by atoms with Crippen LogP contribution in [0.4, 0.5) is 11.5 Å². The van der Waals surface area contributed by atoms with Crippen molar-refractivity contribution in [3.05, 3.63) is 39.7 Å². The van der Waals surface area contributed by atoms with Gasteiger partial charge < -0.3 is 15.8 Å². The number of nitrogens with zero attached hydrogens (tertiary/aromatic N) is 1. The van der Waals surface area contributed by atoms with E-state index in [1.54, 1.807) is 24.3 Å². The third-order valence-electron chi connectivity index (χ3n) is 2.98. The maximum Gasteiger partial charge on any atom is 0.340 e. The monoisotopic (exact) mass is 305 g/mol. The molecule has 6 heteroatoms. The first-order valence-corrected chi connectivity index (χ1v) is 7.58. The highest BCUT2D eigenvalue weighted by Gasteiger charge is 2.14. The second-order valence-corrected chi connectivity index (χ2v) is 6.01. The molecule has 2 aromatic rings. The summed E-state index contributed by atoms with van der Waals surface area (Å²) in [6, 6.07) is 5.90. The van der Waals surface area contributed by atoms with Crippen LogP contribution >= 0.6 is 11.3 Å². The average Bonchev–Trinajstić information content (AvgIpc) is 2.88. The number of anilines is 2. The molecule has 0 fully saturated rings. The fourth-order valence-electron chi connectivity index (χ4n) is 1.91. The molecule has 0 spiro atoms. The fraction of sp³-hybridized carbons (Fsp3) is 0.333. The van der Waals surface area contributed by atoms with Crippen LogP contribution in [0, 0.1) is 6.92 Å². The van der Waals surface area contributed by atoms with Crippen molar-refractivity contribution in [2.75, 3.05) is 17.7 Å². The first-order chi connectivity index (χ1) is 10.0. The molecule has 0 aromatic carbocycles. The lowest BCUT2D eigenvalue weighted by molar-refractivity contribution is 0.0527. The molecule has 2 heterocycles. The van der Waals surface area contributed by atoms with Gasteiger partial charge in [-0.1, -0.05) is 0 Å². The van der Waals surface area contributed by atoms with Crippen LogP contribution in [0.25, 0.3) is 0 Å². The zero-order valence-corrected chi connectivity index (χ0v) is 13.2. The van der Waals surface area contributed by atoms with Gasteiger partial charge in [0.25, 0.3) is 0 Å². The molecule has 0 saturated carbocycles. The number of carbonyl (C=O) groups is 1. The lowest BCUT2D eigenvalue weighted by Crippen LogP contribution is -2.11. The molecule has 112 valence electrons. The summed E-state index contributed by atoms with van der Waals surface area (Å²) in [5, 5.41) is 3.27. The summed E-state index contributed by atoms with van der Waals surface area (Å²) in [5.74, 6) is 0.172. The molecule has 1 unspecified atom stereocenters. The van der Waals surface area contributed by atoms with Crippen LogP contribution in [0.1, 0.15) is 40.0 Å². The van der Waals surface area contributed by atoms with Gasteiger partial charge in [0.15, 0.2) is 0 Å². The summed E-state index contributed by atoms with van der Waals surface area (Å²) in [7, 11) is 0. The van der Waals surface area contributed by atoms with Crippen LogP contribution in [0.5, 0.6) is 0 Å². The van der Waals surface area contributed by atoms with E-state index in [0.717, 1.165) is 0 Å². The largest absolute Gasteiger partial charge is 0.462 e. The Balaban J connectivity index is 2.17. The van der Waals surface area contributed by atoms with Gasteiger partial charge in [0.2, 0.25) is 0 Å². The van der Waals surface area contributed by atoms with Crippen molar-refractivity contribution >= 4 is 28.8 Å². The number of nitrogen functional groups attached to an aromatic ring is 1. The van der Waals surface area contributed by atoms with Gasteiger partial charge in [-0.3, -0.25) is 0 Å². The van der Waals surface area contributed by atoms with Crippen LogP contribution in [0.3, 0.4) is 0 Å². The molecular weight excluding hydrogens is 286 g/mol. The minimum Gasteiger partial charge on any atom is -0.462 e. The van der Waals surface area contributed by atoms with E-state index in [4.69, 9.17) is 10.5 Å². The highest BCUT2D eigenvalue weighted by molar-refractivity contribution is 7.12. The maximum atomic E-state index is 11.8. The first kappa shape index (κ1) is 15.3. The zero-order valence-electron chi connectivity index (χ0n) is 12.3. The van der Waals surface area contributed by atoms with Crippen molar-refractivity contribution in [1.29, 1.82) is 0 Å². The number of ether oxygens (including phenoxy) is 1. The van der Waals surface area contributed by atoms with Gasteiger partial charge in [0.1, 0.15) is 5.82 Å². The van der Waals surface area contributed by atoms with E-state index in [9.17, 15) is 4.79 Å². The Kier molecular flexibility index (Phi) is 4.80. The van der Waals surface area contributed by atoms with Crippen molar-refractivity contribution in [2.45, 2.75) is 26.8 Å². The molecule has 5 nitrogen and oxygen atoms in total. The molecule has 2 rings (SSSR count). The van der Waals surface area contributed by atoms with Crippen LogP contribution in [-0.4, -0.2) is 17.6 Å². The summed E-state index contributed by atoms with van der Waals surface area (Å²) in [5.41, 5.74) is 6.43. The number of hydrogen-bond donors (Lipinski definition) is 2. The maximum absolute atomic E-state index is 11.8. The van der Waals surface area contributed by atoms with Crippen molar-refractivity contribution in [2.24, 2.45) is 0 Å². The van der Waals surface area contributed by atoms with Gasteiger partial charge in [0, 0.05) is 9.75 Å². The van der Waals surface area contributed by atoms with E-state index in [1.165, 1.54) is 16.0 Å². The Morgan fingerprint density at radius 2 is 2.29 bits per heavy atom. The molecule has 3 N–H and O–H groups in total. The molecule has 2 aromatic heterocycles. The third-order valence-corrected chi connectivity index (χ3v) is 4.17. The van der Waals surface area contributed by atoms with Gasteiger partial charge in [-0.2, -0.15) is 0 Å². The van der Waals surface area contributed by atoms with E-state index in [1.807, 2.05) is 6.92 Å². The highest BCUT2D eigenvalue weighted by Crippen LogP contribution is 2.26. The fourth-order valence-corrected chi connectivity index (χ4v) is 2.79. The van der Waals surface area contributed by atoms with Gasteiger partial charge in [-0.25, -0.2) is 9.78 Å². The van der Waals surface area contributed by atoms with E-state index in [2.05, 4.69) is 29.4 Å². The average molecular weight is 305 g/mol. The van der Waals surface area contributed by atoms with Gasteiger partial charge in [0.05, 0.1) is 30.1 Å². The summed E-state index contributed by atoms with van der Waals surface area (Å²) in [6.07, 6.45) is 1.47. The Morgan fingerprint density at radius 3 is 2.90 bits per heavy atom. The SMILES string of the molecule is CCOC(=O)c1cc(NC(C)c2ccc(C)s2)ncc1N. The first-order valence-electron chi connectivity index (χ1n) is 6.76. The number of rotatable bonds is 5. The Labute approximate surface area is 128 Å².